The van der Waals surface area contributed by atoms with E-state index in [1.165, 1.54) is 29.7 Å². The zero-order valence-corrected chi connectivity index (χ0v) is 24.2. The Hall–Kier alpha value is -3.93. The molecule has 4 heterocycles. The second kappa shape index (κ2) is 11.0. The number of halogens is 3. The van der Waals surface area contributed by atoms with E-state index in [-0.39, 0.29) is 52.9 Å². The van der Waals surface area contributed by atoms with Gasteiger partial charge in [-0.05, 0) is 54.1 Å². The molecule has 0 bridgehead atoms. The first-order chi connectivity index (χ1) is 20.1. The SMILES string of the molecule is CC1(C)COC[C@H]1n1c(Cc2cc(F)c(-c3ccnc(OCc4ccc(Cl)s4)n3)cc2F)nc2ccc(C(=O)O)cc21. The van der Waals surface area contributed by atoms with Crippen LogP contribution in [0.4, 0.5) is 8.78 Å². The molecule has 6 rings (SSSR count). The van der Waals surface area contributed by atoms with Crippen molar-refractivity contribution in [2.45, 2.75) is 32.9 Å². The van der Waals surface area contributed by atoms with E-state index in [2.05, 4.69) is 9.97 Å². The fourth-order valence-electron chi connectivity index (χ4n) is 5.14. The third-order valence-electron chi connectivity index (χ3n) is 7.34. The highest BCUT2D eigenvalue weighted by atomic mass is 35.5. The fourth-order valence-corrected chi connectivity index (χ4v) is 6.14. The van der Waals surface area contributed by atoms with Crippen LogP contribution in [0.1, 0.15) is 46.5 Å². The number of carbonyl (C=O) groups is 1. The van der Waals surface area contributed by atoms with Crippen LogP contribution in [0.3, 0.4) is 0 Å². The molecule has 2 aromatic carbocycles. The standard InChI is InChI=1S/C30H25ClF2N4O4S/c1-30(2)15-40-14-25(30)37-24-10-16(28(38)39)3-5-23(24)35-27(37)11-17-9-21(33)19(12-20(17)32)22-7-8-34-29(36-22)41-13-18-4-6-26(31)42-18/h3-10,12,25H,11,13-15H2,1-2H3,(H,38,39)/t25-/m1/s1. The summed E-state index contributed by atoms with van der Waals surface area (Å²) in [4.78, 5) is 25.6. The quantitative estimate of drug-likeness (QED) is 0.203. The van der Waals surface area contributed by atoms with E-state index in [1.54, 1.807) is 18.2 Å². The molecule has 1 N–H and O–H groups in total. The van der Waals surface area contributed by atoms with E-state index in [0.717, 1.165) is 17.0 Å². The molecule has 0 spiro atoms. The van der Waals surface area contributed by atoms with Gasteiger partial charge >= 0.3 is 12.0 Å². The van der Waals surface area contributed by atoms with E-state index in [9.17, 15) is 9.90 Å². The van der Waals surface area contributed by atoms with Crippen LogP contribution < -0.4 is 4.74 Å². The molecule has 1 fully saturated rings. The smallest absolute Gasteiger partial charge is 0.335 e. The Morgan fingerprint density at radius 3 is 2.71 bits per heavy atom. The third kappa shape index (κ3) is 5.47. The van der Waals surface area contributed by atoms with E-state index >= 15 is 8.78 Å². The highest BCUT2D eigenvalue weighted by molar-refractivity contribution is 7.16. The summed E-state index contributed by atoms with van der Waals surface area (Å²) in [7, 11) is 0. The molecule has 42 heavy (non-hydrogen) atoms. The second-order valence-corrected chi connectivity index (χ2v) is 12.5. The summed E-state index contributed by atoms with van der Waals surface area (Å²) in [6.45, 7) is 5.17. The van der Waals surface area contributed by atoms with Gasteiger partial charge in [0.15, 0.2) is 0 Å². The first-order valence-electron chi connectivity index (χ1n) is 13.1. The lowest BCUT2D eigenvalue weighted by Crippen LogP contribution is -2.27. The maximum atomic E-state index is 15.6. The van der Waals surface area contributed by atoms with Gasteiger partial charge in [0.1, 0.15) is 24.1 Å². The fraction of sp³-hybridized carbons (Fsp3) is 0.267. The van der Waals surface area contributed by atoms with Crippen LogP contribution in [-0.4, -0.2) is 43.8 Å². The van der Waals surface area contributed by atoms with Gasteiger partial charge in [0.25, 0.3) is 0 Å². The molecule has 1 aliphatic rings. The van der Waals surface area contributed by atoms with Crippen molar-refractivity contribution in [3.8, 4) is 17.3 Å². The number of carboxylic acid groups (broad SMARTS) is 1. The average Bonchev–Trinajstić information content (AvgIpc) is 3.64. The molecule has 0 aliphatic carbocycles. The average molecular weight is 611 g/mol. The summed E-state index contributed by atoms with van der Waals surface area (Å²) in [6.07, 6.45) is 1.40. The number of carboxylic acids is 1. The molecule has 1 saturated heterocycles. The molecule has 1 atom stereocenters. The number of hydrogen-bond acceptors (Lipinski definition) is 7. The number of ether oxygens (including phenoxy) is 2. The number of fused-ring (bicyclic) bond motifs is 1. The number of imidazole rings is 1. The summed E-state index contributed by atoms with van der Waals surface area (Å²) in [5.74, 6) is -1.88. The molecule has 0 unspecified atom stereocenters. The number of aromatic carboxylic acids is 1. The van der Waals surface area contributed by atoms with Crippen LogP contribution in [0.15, 0.2) is 54.7 Å². The Bertz CT molecular complexity index is 1820. The molecule has 216 valence electrons. The number of benzene rings is 2. The van der Waals surface area contributed by atoms with Crippen molar-refractivity contribution in [1.29, 1.82) is 0 Å². The van der Waals surface area contributed by atoms with Gasteiger partial charge in [-0.3, -0.25) is 0 Å². The molecule has 1 aliphatic heterocycles. The van der Waals surface area contributed by atoms with Crippen molar-refractivity contribution in [3.63, 3.8) is 0 Å². The van der Waals surface area contributed by atoms with Crippen molar-refractivity contribution in [2.24, 2.45) is 5.41 Å². The summed E-state index contributed by atoms with van der Waals surface area (Å²) >= 11 is 7.32. The lowest BCUT2D eigenvalue weighted by molar-refractivity contribution is 0.0697. The zero-order chi connectivity index (χ0) is 29.6. The molecule has 5 aromatic rings. The van der Waals surface area contributed by atoms with Crippen LogP contribution >= 0.6 is 22.9 Å². The molecular formula is C30H25ClF2N4O4S. The van der Waals surface area contributed by atoms with Crippen molar-refractivity contribution in [1.82, 2.24) is 19.5 Å². The van der Waals surface area contributed by atoms with Crippen LogP contribution in [0.25, 0.3) is 22.3 Å². The van der Waals surface area contributed by atoms with E-state index in [1.807, 2.05) is 24.5 Å². The summed E-state index contributed by atoms with van der Waals surface area (Å²) in [6, 6.07) is 11.8. The minimum Gasteiger partial charge on any atom is -0.478 e. The molecule has 12 heteroatoms. The van der Waals surface area contributed by atoms with Gasteiger partial charge in [-0.2, -0.15) is 4.98 Å². The maximum absolute atomic E-state index is 15.6. The minimum absolute atomic E-state index is 0.0196. The maximum Gasteiger partial charge on any atom is 0.335 e. The van der Waals surface area contributed by atoms with Gasteiger partial charge in [-0.15, -0.1) is 11.3 Å². The second-order valence-electron chi connectivity index (χ2n) is 10.7. The Labute approximate surface area is 248 Å². The zero-order valence-electron chi connectivity index (χ0n) is 22.6. The highest BCUT2D eigenvalue weighted by Crippen LogP contribution is 2.40. The molecule has 0 radical (unpaired) electrons. The largest absolute Gasteiger partial charge is 0.478 e. The molecule has 8 nitrogen and oxygen atoms in total. The lowest BCUT2D eigenvalue weighted by Gasteiger charge is -2.28. The van der Waals surface area contributed by atoms with Crippen molar-refractivity contribution in [3.05, 3.63) is 92.5 Å². The molecular weight excluding hydrogens is 586 g/mol. The van der Waals surface area contributed by atoms with E-state index < -0.39 is 17.6 Å². The predicted molar refractivity (Wildman–Crippen MR) is 154 cm³/mol. The van der Waals surface area contributed by atoms with Crippen LogP contribution in [0.5, 0.6) is 6.01 Å². The van der Waals surface area contributed by atoms with Gasteiger partial charge < -0.3 is 19.1 Å². The number of hydrogen-bond donors (Lipinski definition) is 1. The van der Waals surface area contributed by atoms with Gasteiger partial charge in [-0.25, -0.2) is 23.5 Å². The molecule has 3 aromatic heterocycles. The minimum atomic E-state index is -1.06. The van der Waals surface area contributed by atoms with Crippen molar-refractivity contribution < 1.29 is 28.2 Å². The first kappa shape index (κ1) is 28.2. The number of aromatic nitrogens is 4. The van der Waals surface area contributed by atoms with Gasteiger partial charge in [0, 0.05) is 28.5 Å². The van der Waals surface area contributed by atoms with Gasteiger partial charge in [0.05, 0.1) is 45.9 Å². The Morgan fingerprint density at radius 2 is 2.00 bits per heavy atom. The van der Waals surface area contributed by atoms with Crippen LogP contribution in [0.2, 0.25) is 4.34 Å². The summed E-state index contributed by atoms with van der Waals surface area (Å²) in [5.41, 5.74) is 1.22. The Morgan fingerprint density at radius 1 is 1.17 bits per heavy atom. The van der Waals surface area contributed by atoms with E-state index in [0.29, 0.717) is 34.4 Å². The third-order valence-corrected chi connectivity index (χ3v) is 8.54. The van der Waals surface area contributed by atoms with Crippen LogP contribution in [-0.2, 0) is 17.8 Å². The first-order valence-corrected chi connectivity index (χ1v) is 14.3. The lowest BCUT2D eigenvalue weighted by atomic mass is 9.87. The van der Waals surface area contributed by atoms with Gasteiger partial charge in [-0.1, -0.05) is 25.4 Å². The topological polar surface area (TPSA) is 99.4 Å². The predicted octanol–water partition coefficient (Wildman–Crippen LogP) is 6.95. The van der Waals surface area contributed by atoms with Crippen molar-refractivity contribution >= 4 is 39.9 Å². The number of thiophene rings is 1. The highest BCUT2D eigenvalue weighted by Gasteiger charge is 2.39. The van der Waals surface area contributed by atoms with Crippen LogP contribution in [0, 0.1) is 17.0 Å². The summed E-state index contributed by atoms with van der Waals surface area (Å²) < 4.78 is 45.0. The molecule has 0 amide bonds. The van der Waals surface area contributed by atoms with Crippen molar-refractivity contribution in [2.75, 3.05) is 13.2 Å². The number of nitrogens with zero attached hydrogens (tertiary/aromatic N) is 4. The molecule has 0 saturated carbocycles. The Kier molecular flexibility index (Phi) is 7.42. The normalized spacial score (nSPS) is 16.3. The summed E-state index contributed by atoms with van der Waals surface area (Å²) in [5, 5.41) is 9.57. The Balaban J connectivity index is 1.33. The number of rotatable bonds is 8. The van der Waals surface area contributed by atoms with E-state index in [4.69, 9.17) is 26.1 Å². The van der Waals surface area contributed by atoms with Gasteiger partial charge in [0.2, 0.25) is 0 Å². The monoisotopic (exact) mass is 610 g/mol.